The van der Waals surface area contributed by atoms with Crippen molar-refractivity contribution >= 4 is 17.8 Å². The molecule has 4 rings (SSSR count). The summed E-state index contributed by atoms with van der Waals surface area (Å²) < 4.78 is 5.40. The van der Waals surface area contributed by atoms with E-state index in [0.29, 0.717) is 18.8 Å². The normalized spacial score (nSPS) is 15.8. The molecule has 1 aliphatic heterocycles. The van der Waals surface area contributed by atoms with Crippen LogP contribution in [-0.2, 0) is 16.1 Å². The highest BCUT2D eigenvalue weighted by Gasteiger charge is 2.35. The Balaban J connectivity index is 1.36. The van der Waals surface area contributed by atoms with E-state index in [1.165, 1.54) is 10.5 Å². The van der Waals surface area contributed by atoms with Crippen LogP contribution in [0.5, 0.6) is 0 Å². The molecule has 0 bridgehead atoms. The van der Waals surface area contributed by atoms with E-state index in [-0.39, 0.29) is 12.5 Å². The van der Waals surface area contributed by atoms with E-state index in [4.69, 9.17) is 4.74 Å². The molecule has 2 N–H and O–H groups in total. The lowest BCUT2D eigenvalue weighted by atomic mass is 10.1. The molecule has 1 aromatic heterocycles. The van der Waals surface area contributed by atoms with Crippen molar-refractivity contribution in [3.63, 3.8) is 0 Å². The van der Waals surface area contributed by atoms with Gasteiger partial charge in [-0.2, -0.15) is 5.10 Å². The maximum absolute atomic E-state index is 12.8. The van der Waals surface area contributed by atoms with Crippen LogP contribution in [0.1, 0.15) is 24.0 Å². The number of likely N-dealkylation sites (tertiary alicyclic amines) is 1. The Morgan fingerprint density at radius 2 is 1.93 bits per heavy atom. The molecule has 3 aromatic rings. The summed E-state index contributed by atoms with van der Waals surface area (Å²) >= 11 is 0. The minimum absolute atomic E-state index is 0.184. The van der Waals surface area contributed by atoms with Crippen LogP contribution < -0.4 is 5.32 Å². The van der Waals surface area contributed by atoms with Crippen molar-refractivity contribution in [1.29, 1.82) is 0 Å². The van der Waals surface area contributed by atoms with Gasteiger partial charge in [-0.15, -0.1) is 0 Å². The van der Waals surface area contributed by atoms with Gasteiger partial charge < -0.3 is 10.1 Å². The highest BCUT2D eigenvalue weighted by molar-refractivity contribution is 5.96. The molecule has 154 valence electrons. The van der Waals surface area contributed by atoms with Gasteiger partial charge in [0, 0.05) is 12.6 Å². The monoisotopic (exact) mass is 404 g/mol. The summed E-state index contributed by atoms with van der Waals surface area (Å²) in [7, 11) is 0. The molecule has 0 unspecified atom stereocenters. The number of carbonyl (C=O) groups is 2. The van der Waals surface area contributed by atoms with Crippen molar-refractivity contribution < 1.29 is 14.3 Å². The topological polar surface area (TPSA) is 87.3 Å². The zero-order valence-corrected chi connectivity index (χ0v) is 16.8. The summed E-state index contributed by atoms with van der Waals surface area (Å²) in [5.74, 6) is 0.172. The number of benzene rings is 2. The number of nitrogens with zero attached hydrogens (tertiary/aromatic N) is 2. The largest absolute Gasteiger partial charge is 0.445 e. The van der Waals surface area contributed by atoms with E-state index >= 15 is 0 Å². The summed E-state index contributed by atoms with van der Waals surface area (Å²) in [6.45, 7) is 2.71. The van der Waals surface area contributed by atoms with Crippen molar-refractivity contribution in [1.82, 2.24) is 15.1 Å². The molecule has 0 aliphatic carbocycles. The van der Waals surface area contributed by atoms with Gasteiger partial charge in [0.1, 0.15) is 12.6 Å². The fourth-order valence-electron chi connectivity index (χ4n) is 3.54. The number of H-pyrrole nitrogens is 1. The zero-order chi connectivity index (χ0) is 20.9. The third-order valence-electron chi connectivity index (χ3n) is 5.19. The Labute approximate surface area is 175 Å². The van der Waals surface area contributed by atoms with Crippen LogP contribution in [0.3, 0.4) is 0 Å². The molecule has 2 aromatic carbocycles. The van der Waals surface area contributed by atoms with Crippen LogP contribution in [0.15, 0.2) is 60.7 Å². The number of nitrogens with one attached hydrogen (secondary N) is 2. The first-order valence-electron chi connectivity index (χ1n) is 10.0. The lowest BCUT2D eigenvalue weighted by Gasteiger charge is -2.22. The van der Waals surface area contributed by atoms with Crippen molar-refractivity contribution in [3.05, 3.63) is 71.8 Å². The standard InChI is InChI=1S/C23H24N4O3/c1-16-9-11-18(12-10-16)19-14-21(26-25-19)24-22(28)20-8-5-13-27(20)23(29)30-15-17-6-3-2-4-7-17/h2-4,6-7,9-12,14,20H,5,8,13,15H2,1H3,(H2,24,25,26,28)/t20-/m0/s1. The van der Waals surface area contributed by atoms with E-state index < -0.39 is 12.1 Å². The lowest BCUT2D eigenvalue weighted by Crippen LogP contribution is -2.43. The molecule has 1 atom stereocenters. The molecule has 0 radical (unpaired) electrons. The smallest absolute Gasteiger partial charge is 0.410 e. The molecule has 2 heterocycles. The number of aromatic nitrogens is 2. The molecule has 0 saturated carbocycles. The summed E-state index contributed by atoms with van der Waals surface area (Å²) in [5, 5.41) is 9.93. The van der Waals surface area contributed by atoms with E-state index in [0.717, 1.165) is 23.2 Å². The number of aryl methyl sites for hydroxylation is 1. The molecule has 1 fully saturated rings. The first-order valence-corrected chi connectivity index (χ1v) is 10.0. The van der Waals surface area contributed by atoms with Gasteiger partial charge in [-0.25, -0.2) is 4.79 Å². The minimum atomic E-state index is -0.562. The van der Waals surface area contributed by atoms with Gasteiger partial charge in [-0.1, -0.05) is 60.2 Å². The SMILES string of the molecule is Cc1ccc(-c2cc(NC(=O)[C@@H]3CCCN3C(=O)OCc3ccccc3)n[nH]2)cc1. The zero-order valence-electron chi connectivity index (χ0n) is 16.8. The lowest BCUT2D eigenvalue weighted by molar-refractivity contribution is -0.120. The Morgan fingerprint density at radius 1 is 1.17 bits per heavy atom. The highest BCUT2D eigenvalue weighted by Crippen LogP contribution is 2.23. The maximum Gasteiger partial charge on any atom is 0.410 e. The van der Waals surface area contributed by atoms with Crippen molar-refractivity contribution in [2.24, 2.45) is 0 Å². The second-order valence-electron chi connectivity index (χ2n) is 7.41. The summed E-state index contributed by atoms with van der Waals surface area (Å²) in [4.78, 5) is 26.8. The number of ether oxygens (including phenoxy) is 1. The van der Waals surface area contributed by atoms with Crippen LogP contribution in [0.25, 0.3) is 11.3 Å². The average molecular weight is 404 g/mol. The minimum Gasteiger partial charge on any atom is -0.445 e. The van der Waals surface area contributed by atoms with E-state index in [9.17, 15) is 9.59 Å². The molecule has 0 spiro atoms. The van der Waals surface area contributed by atoms with Gasteiger partial charge in [0.25, 0.3) is 0 Å². The Morgan fingerprint density at radius 3 is 2.70 bits per heavy atom. The number of hydrogen-bond acceptors (Lipinski definition) is 4. The van der Waals surface area contributed by atoms with E-state index in [1.54, 1.807) is 6.07 Å². The molecule has 7 heteroatoms. The molecular formula is C23H24N4O3. The number of carbonyl (C=O) groups excluding carboxylic acids is 2. The Kier molecular flexibility index (Phi) is 5.79. The summed E-state index contributed by atoms with van der Waals surface area (Å²) in [5.41, 5.74) is 3.88. The van der Waals surface area contributed by atoms with Crippen LogP contribution in [0.4, 0.5) is 10.6 Å². The molecule has 1 saturated heterocycles. The van der Waals surface area contributed by atoms with Crippen molar-refractivity contribution in [3.8, 4) is 11.3 Å². The molecule has 30 heavy (non-hydrogen) atoms. The molecule has 1 aliphatic rings. The number of hydrogen-bond donors (Lipinski definition) is 2. The Hall–Kier alpha value is -3.61. The number of rotatable bonds is 5. The number of aromatic amines is 1. The van der Waals surface area contributed by atoms with Gasteiger partial charge in [0.2, 0.25) is 5.91 Å². The van der Waals surface area contributed by atoms with Gasteiger partial charge in [-0.3, -0.25) is 14.8 Å². The first-order chi connectivity index (χ1) is 14.6. The maximum atomic E-state index is 12.8. The van der Waals surface area contributed by atoms with Crippen molar-refractivity contribution in [2.75, 3.05) is 11.9 Å². The predicted octanol–water partition coefficient (Wildman–Crippen LogP) is 4.12. The molecule has 7 nitrogen and oxygen atoms in total. The highest BCUT2D eigenvalue weighted by atomic mass is 16.6. The van der Waals surface area contributed by atoms with Crippen LogP contribution >= 0.6 is 0 Å². The van der Waals surface area contributed by atoms with Crippen LogP contribution in [0.2, 0.25) is 0 Å². The second-order valence-corrected chi connectivity index (χ2v) is 7.41. The second kappa shape index (κ2) is 8.82. The quantitative estimate of drug-likeness (QED) is 0.669. The molecule has 2 amide bonds. The molecular weight excluding hydrogens is 380 g/mol. The summed E-state index contributed by atoms with van der Waals surface area (Å²) in [6.07, 6.45) is 0.883. The third kappa shape index (κ3) is 4.51. The van der Waals surface area contributed by atoms with Crippen LogP contribution in [0, 0.1) is 6.92 Å². The average Bonchev–Trinajstić information content (AvgIpc) is 3.43. The first kappa shape index (κ1) is 19.7. The van der Waals surface area contributed by atoms with E-state index in [2.05, 4.69) is 15.5 Å². The van der Waals surface area contributed by atoms with Gasteiger partial charge in [0.05, 0.1) is 5.69 Å². The predicted molar refractivity (Wildman–Crippen MR) is 114 cm³/mol. The fourth-order valence-corrected chi connectivity index (χ4v) is 3.54. The van der Waals surface area contributed by atoms with Crippen LogP contribution in [-0.4, -0.2) is 39.7 Å². The summed E-state index contributed by atoms with van der Waals surface area (Å²) in [6, 6.07) is 18.7. The van der Waals surface area contributed by atoms with Gasteiger partial charge in [0.15, 0.2) is 5.82 Å². The van der Waals surface area contributed by atoms with E-state index in [1.807, 2.05) is 61.5 Å². The van der Waals surface area contributed by atoms with Gasteiger partial charge in [-0.05, 0) is 30.9 Å². The fraction of sp³-hybridized carbons (Fsp3) is 0.261. The van der Waals surface area contributed by atoms with Crippen molar-refractivity contribution in [2.45, 2.75) is 32.4 Å². The Bertz CT molecular complexity index is 1010. The number of anilines is 1. The third-order valence-corrected chi connectivity index (χ3v) is 5.19. The number of amides is 2. The van der Waals surface area contributed by atoms with Gasteiger partial charge >= 0.3 is 6.09 Å².